The van der Waals surface area contributed by atoms with Crippen LogP contribution in [0.1, 0.15) is 0 Å². The summed E-state index contributed by atoms with van der Waals surface area (Å²) < 4.78 is 50.0. The van der Waals surface area contributed by atoms with Crippen molar-refractivity contribution in [3.05, 3.63) is 121 Å². The number of halogens is 3. The van der Waals surface area contributed by atoms with Gasteiger partial charge in [-0.05, 0) is 6.07 Å². The van der Waals surface area contributed by atoms with Gasteiger partial charge in [0.2, 0.25) is 0 Å². The molecule has 8 bridgehead atoms. The number of hydrogen-bond acceptors (Lipinski definition) is 2. The third-order valence-electron chi connectivity index (χ3n) is 8.38. The van der Waals surface area contributed by atoms with Crippen LogP contribution in [0.5, 0.6) is 0 Å². The van der Waals surface area contributed by atoms with Gasteiger partial charge in [0, 0.05) is 49.3 Å². The largest absolute Gasteiger partial charge is 0.352 e. The van der Waals surface area contributed by atoms with Crippen LogP contribution in [0.3, 0.4) is 0 Å². The number of aromatic nitrogens is 4. The molecule has 0 saturated heterocycles. The topological polar surface area (TPSA) is 57.4 Å². The highest BCUT2D eigenvalue weighted by atomic mass is 19.1. The van der Waals surface area contributed by atoms with Crippen LogP contribution in [0, 0.1) is 17.5 Å². The minimum absolute atomic E-state index is 0.0198. The van der Waals surface area contributed by atoms with Crippen molar-refractivity contribution in [2.45, 2.75) is 0 Å². The highest BCUT2D eigenvalue weighted by molar-refractivity contribution is 6.10. The van der Waals surface area contributed by atoms with Crippen molar-refractivity contribution in [3.8, 4) is 45.0 Å². The number of nitrogens with zero attached hydrogens (tertiary/aromatic N) is 2. The zero-order chi connectivity index (χ0) is 28.8. The predicted octanol–water partition coefficient (Wildman–Crippen LogP) is 9.71. The van der Waals surface area contributed by atoms with Crippen molar-refractivity contribution >= 4 is 43.6 Å². The molecule has 0 saturated carbocycles. The fourth-order valence-corrected chi connectivity index (χ4v) is 6.40. The Kier molecular flexibility index (Phi) is 4.82. The number of fused-ring (bicyclic) bond motifs is 20. The average Bonchev–Trinajstić information content (AvgIpc) is 3.81. The van der Waals surface area contributed by atoms with E-state index in [-0.39, 0.29) is 33.6 Å². The molecule has 2 aliphatic heterocycles. The van der Waals surface area contributed by atoms with E-state index in [1.807, 2.05) is 54.6 Å². The summed E-state index contributed by atoms with van der Waals surface area (Å²) in [5, 5.41) is 2.39. The van der Waals surface area contributed by atoms with Crippen LogP contribution in [0.2, 0.25) is 0 Å². The molecule has 5 heterocycles. The first-order valence-corrected chi connectivity index (χ1v) is 13.8. The van der Waals surface area contributed by atoms with E-state index in [1.54, 1.807) is 48.5 Å². The molecule has 43 heavy (non-hydrogen) atoms. The summed E-state index contributed by atoms with van der Waals surface area (Å²) in [7, 11) is 0. The molecule has 0 spiro atoms. The van der Waals surface area contributed by atoms with Crippen LogP contribution >= 0.6 is 0 Å². The van der Waals surface area contributed by atoms with Crippen molar-refractivity contribution < 1.29 is 13.2 Å². The minimum Gasteiger partial charge on any atom is -0.352 e. The van der Waals surface area contributed by atoms with Gasteiger partial charge >= 0.3 is 0 Å². The van der Waals surface area contributed by atoms with E-state index in [9.17, 15) is 0 Å². The Bertz CT molecular complexity index is 2510. The Morgan fingerprint density at radius 1 is 0.419 bits per heavy atom. The lowest BCUT2D eigenvalue weighted by molar-refractivity contribution is 0.631. The molecule has 0 fully saturated rings. The molecule has 0 radical (unpaired) electrons. The first-order chi connectivity index (χ1) is 21.1. The van der Waals surface area contributed by atoms with Crippen LogP contribution in [0.25, 0.3) is 88.6 Å². The molecule has 0 unspecified atom stereocenters. The van der Waals surface area contributed by atoms with Gasteiger partial charge in [0.05, 0.1) is 22.2 Å². The molecular formula is C36H19F3N4. The van der Waals surface area contributed by atoms with Gasteiger partial charge in [0.15, 0.2) is 17.5 Å². The summed E-state index contributed by atoms with van der Waals surface area (Å²) in [6.07, 6.45) is 0. The Balaban J connectivity index is 1.58. The fourth-order valence-electron chi connectivity index (χ4n) is 6.40. The second-order valence-corrected chi connectivity index (χ2v) is 10.7. The highest BCUT2D eigenvalue weighted by Gasteiger charge is 2.26. The van der Waals surface area contributed by atoms with E-state index in [2.05, 4.69) is 15.0 Å². The molecule has 4 nitrogen and oxygen atoms in total. The molecule has 0 aliphatic carbocycles. The van der Waals surface area contributed by atoms with E-state index in [0.717, 1.165) is 10.9 Å². The maximum atomic E-state index is 16.7. The van der Waals surface area contributed by atoms with E-state index in [0.29, 0.717) is 44.1 Å². The van der Waals surface area contributed by atoms with Crippen LogP contribution in [0.4, 0.5) is 13.2 Å². The summed E-state index contributed by atoms with van der Waals surface area (Å²) >= 11 is 0. The van der Waals surface area contributed by atoms with E-state index >= 15 is 13.2 Å². The zero-order valence-electron chi connectivity index (χ0n) is 22.3. The summed E-state index contributed by atoms with van der Waals surface area (Å²) in [5.41, 5.74) is 3.98. The van der Waals surface area contributed by atoms with Crippen LogP contribution in [-0.2, 0) is 0 Å². The molecule has 2 aliphatic rings. The molecule has 4 aromatic carbocycles. The van der Waals surface area contributed by atoms with Crippen LogP contribution in [0.15, 0.2) is 103 Å². The van der Waals surface area contributed by atoms with Crippen molar-refractivity contribution in [1.82, 2.24) is 19.9 Å². The second kappa shape index (κ2) is 8.66. The monoisotopic (exact) mass is 564 g/mol. The maximum absolute atomic E-state index is 16.7. The molecule has 0 atom stereocenters. The Morgan fingerprint density at radius 3 is 1.37 bits per heavy atom. The van der Waals surface area contributed by atoms with Gasteiger partial charge in [0.1, 0.15) is 17.1 Å². The summed E-state index contributed by atoms with van der Waals surface area (Å²) in [6, 6.07) is 30.6. The van der Waals surface area contributed by atoms with E-state index in [4.69, 9.17) is 4.98 Å². The predicted molar refractivity (Wildman–Crippen MR) is 165 cm³/mol. The van der Waals surface area contributed by atoms with Gasteiger partial charge in [0.25, 0.3) is 0 Å². The molecule has 0 amide bonds. The lowest BCUT2D eigenvalue weighted by atomic mass is 10.0. The van der Waals surface area contributed by atoms with Crippen molar-refractivity contribution in [2.24, 2.45) is 0 Å². The van der Waals surface area contributed by atoms with Crippen molar-refractivity contribution in [1.29, 1.82) is 0 Å². The third kappa shape index (κ3) is 3.27. The first-order valence-electron chi connectivity index (χ1n) is 13.8. The number of rotatable bonds is 0. The van der Waals surface area contributed by atoms with Gasteiger partial charge in [-0.3, -0.25) is 0 Å². The molecule has 2 N–H and O–H groups in total. The third-order valence-corrected chi connectivity index (χ3v) is 8.38. The molecule has 9 rings (SSSR count). The standard InChI is InChI=1S/C36H19F3N4/c37-28-31-20-11-3-1-9-18(20)26(40-31)17-27-19-10-2-4-12-21(19)32(41-27)29(38)34-23-14-6-8-16-25(23)36(43-34)30(39)35-24-15-7-5-13-22(24)33(28)42-35/h1-17,40,43H. The van der Waals surface area contributed by atoms with Crippen LogP contribution < -0.4 is 0 Å². The van der Waals surface area contributed by atoms with Gasteiger partial charge in [-0.1, -0.05) is 97.1 Å². The van der Waals surface area contributed by atoms with Gasteiger partial charge in [-0.2, -0.15) is 0 Å². The lowest BCUT2D eigenvalue weighted by Crippen LogP contribution is -1.85. The van der Waals surface area contributed by atoms with Gasteiger partial charge in [-0.25, -0.2) is 23.1 Å². The van der Waals surface area contributed by atoms with Crippen molar-refractivity contribution in [2.75, 3.05) is 0 Å². The highest BCUT2D eigenvalue weighted by Crippen LogP contribution is 2.43. The second-order valence-electron chi connectivity index (χ2n) is 10.7. The summed E-state index contributed by atoms with van der Waals surface area (Å²) in [6.45, 7) is 0. The minimum atomic E-state index is -0.705. The molecular weight excluding hydrogens is 545 g/mol. The summed E-state index contributed by atoms with van der Waals surface area (Å²) in [5.74, 6) is -1.91. The number of hydrogen-bond donors (Lipinski definition) is 2. The van der Waals surface area contributed by atoms with Crippen molar-refractivity contribution in [3.63, 3.8) is 0 Å². The molecule has 7 aromatic rings. The molecule has 204 valence electrons. The first kappa shape index (κ1) is 24.0. The van der Waals surface area contributed by atoms with Gasteiger partial charge < -0.3 is 9.97 Å². The lowest BCUT2D eigenvalue weighted by Gasteiger charge is -2.00. The normalized spacial score (nSPS) is 12.1. The zero-order valence-corrected chi connectivity index (χ0v) is 22.3. The Hall–Kier alpha value is -5.69. The molecule has 3 aromatic heterocycles. The number of H-pyrrole nitrogens is 2. The Labute approximate surface area is 242 Å². The SMILES string of the molecule is Fc1c2nc(c(F)c3[nH]c(c(F)c4nc(cc5[nH]c1c1ccccc51)-c1ccccc1-4)c1ccccc31)-c1ccccc1-2. The smallest absolute Gasteiger partial charge is 0.173 e. The fraction of sp³-hybridized carbons (Fsp3) is 0. The van der Waals surface area contributed by atoms with Crippen LogP contribution in [-0.4, -0.2) is 19.9 Å². The van der Waals surface area contributed by atoms with E-state index < -0.39 is 17.5 Å². The summed E-state index contributed by atoms with van der Waals surface area (Å²) in [4.78, 5) is 15.6. The quantitative estimate of drug-likeness (QED) is 0.193. The average molecular weight is 565 g/mol. The Morgan fingerprint density at radius 2 is 0.814 bits per heavy atom. The molecule has 7 heteroatoms. The number of aromatic amines is 2. The maximum Gasteiger partial charge on any atom is 0.173 e. The number of nitrogens with one attached hydrogen (secondary N) is 2. The van der Waals surface area contributed by atoms with E-state index in [1.165, 1.54) is 0 Å². The van der Waals surface area contributed by atoms with Gasteiger partial charge in [-0.15, -0.1) is 0 Å². The number of benzene rings is 4.